The third-order valence-corrected chi connectivity index (χ3v) is 5.98. The zero-order valence-corrected chi connectivity index (χ0v) is 27.8. The zero-order valence-electron chi connectivity index (χ0n) is 26.6. The van der Waals surface area contributed by atoms with Gasteiger partial charge < -0.3 is 44.2 Å². The van der Waals surface area contributed by atoms with Crippen molar-refractivity contribution < 1.29 is 61.0 Å². The molecule has 0 aliphatic rings. The van der Waals surface area contributed by atoms with Gasteiger partial charge in [0, 0.05) is 116 Å². The first-order valence-corrected chi connectivity index (χ1v) is 13.6. The van der Waals surface area contributed by atoms with Crippen LogP contribution in [0.4, 0.5) is 0 Å². The van der Waals surface area contributed by atoms with Crippen LogP contribution in [-0.4, -0.2) is 129 Å². The van der Waals surface area contributed by atoms with E-state index in [4.69, 9.17) is 14.2 Å². The van der Waals surface area contributed by atoms with Gasteiger partial charge in [0.15, 0.2) is 0 Å². The first kappa shape index (κ1) is 41.7. The summed E-state index contributed by atoms with van der Waals surface area (Å²) in [6.07, 6.45) is 7.70. The molecule has 0 aromatic carbocycles. The van der Waals surface area contributed by atoms with Crippen LogP contribution in [0.3, 0.4) is 0 Å². The molecule has 251 valence electrons. The van der Waals surface area contributed by atoms with Crippen molar-refractivity contribution in [1.29, 1.82) is 0 Å². The quantitative estimate of drug-likeness (QED) is 0.225. The molecular formula is C30H39FeN6O9. The van der Waals surface area contributed by atoms with E-state index in [-0.39, 0.29) is 68.7 Å². The number of methoxy groups -OCH3 is 3. The number of carbonyl (C=O) groups is 3. The van der Waals surface area contributed by atoms with Crippen LogP contribution in [0.1, 0.15) is 31.1 Å². The normalized spacial score (nSPS) is 9.78. The smallest absolute Gasteiger partial charge is 0.871 e. The minimum absolute atomic E-state index is 0. The summed E-state index contributed by atoms with van der Waals surface area (Å²) in [6, 6.07) is 4.27. The van der Waals surface area contributed by atoms with Crippen molar-refractivity contribution in [3.8, 4) is 17.2 Å². The van der Waals surface area contributed by atoms with Gasteiger partial charge in [-0.3, -0.25) is 29.3 Å². The SMILES string of the molecule is COCCN(C)C(=O)c1ccncc1[O-].COCCN(C)C(=O)c1ccncc1[O-].COCCN(C)C(=O)c1ccncc1[O-].[Fe+3]. The van der Waals surface area contributed by atoms with E-state index in [0.29, 0.717) is 39.5 Å². The Morgan fingerprint density at radius 1 is 0.565 bits per heavy atom. The second-order valence-electron chi connectivity index (χ2n) is 9.27. The van der Waals surface area contributed by atoms with Gasteiger partial charge in [-0.05, 0) is 18.2 Å². The predicted octanol–water partition coefficient (Wildman–Crippen LogP) is -0.382. The number of amides is 3. The Hall–Kier alpha value is -4.34. The number of aromatic nitrogens is 3. The molecule has 3 aromatic heterocycles. The summed E-state index contributed by atoms with van der Waals surface area (Å²) in [5.41, 5.74) is 0.427. The molecule has 0 bridgehead atoms. The molecule has 3 heterocycles. The Balaban J connectivity index is 0.000000653. The first-order chi connectivity index (χ1) is 21.5. The van der Waals surface area contributed by atoms with E-state index in [1.165, 1.54) is 51.5 Å². The third kappa shape index (κ3) is 14.2. The van der Waals surface area contributed by atoms with E-state index < -0.39 is 0 Å². The summed E-state index contributed by atoms with van der Waals surface area (Å²) in [7, 11) is 9.56. The van der Waals surface area contributed by atoms with Crippen LogP contribution >= 0.6 is 0 Å². The van der Waals surface area contributed by atoms with Crippen molar-refractivity contribution in [2.75, 3.05) is 81.9 Å². The van der Waals surface area contributed by atoms with Gasteiger partial charge in [-0.15, -0.1) is 0 Å². The van der Waals surface area contributed by atoms with Gasteiger partial charge in [0.1, 0.15) is 0 Å². The Labute approximate surface area is 279 Å². The topological polar surface area (TPSA) is 196 Å². The Bertz CT molecular complexity index is 1190. The molecule has 0 saturated heterocycles. The fourth-order valence-corrected chi connectivity index (χ4v) is 3.28. The number of pyridine rings is 3. The van der Waals surface area contributed by atoms with Crippen LogP contribution < -0.4 is 15.3 Å². The van der Waals surface area contributed by atoms with Crippen molar-refractivity contribution in [2.45, 2.75) is 0 Å². The molecule has 3 amide bonds. The van der Waals surface area contributed by atoms with Crippen molar-refractivity contribution in [3.63, 3.8) is 0 Å². The van der Waals surface area contributed by atoms with E-state index in [0.717, 1.165) is 18.6 Å². The molecule has 0 aliphatic heterocycles. The third-order valence-electron chi connectivity index (χ3n) is 5.98. The van der Waals surface area contributed by atoms with Gasteiger partial charge in [-0.25, -0.2) is 0 Å². The van der Waals surface area contributed by atoms with Crippen LogP contribution in [-0.2, 0) is 31.3 Å². The van der Waals surface area contributed by atoms with Crippen molar-refractivity contribution in [1.82, 2.24) is 29.7 Å². The van der Waals surface area contributed by atoms with Gasteiger partial charge in [-0.1, -0.05) is 17.2 Å². The summed E-state index contributed by atoms with van der Waals surface area (Å²) < 4.78 is 14.5. The van der Waals surface area contributed by atoms with E-state index in [1.807, 2.05) is 0 Å². The van der Waals surface area contributed by atoms with Gasteiger partial charge in [-0.2, -0.15) is 0 Å². The average molecular weight is 684 g/mol. The number of hydrogen-bond donors (Lipinski definition) is 0. The monoisotopic (exact) mass is 683 g/mol. The van der Waals surface area contributed by atoms with Crippen molar-refractivity contribution >= 4 is 17.7 Å². The maximum absolute atomic E-state index is 11.7. The molecule has 0 spiro atoms. The average Bonchev–Trinajstić information content (AvgIpc) is 3.05. The number of rotatable bonds is 12. The molecule has 3 aromatic rings. The molecule has 15 nitrogen and oxygen atoms in total. The van der Waals surface area contributed by atoms with Crippen LogP contribution in [0.2, 0.25) is 0 Å². The second-order valence-corrected chi connectivity index (χ2v) is 9.27. The maximum Gasteiger partial charge on any atom is 3.00 e. The summed E-state index contributed by atoms with van der Waals surface area (Å²) in [5, 5.41) is 33.9. The summed E-state index contributed by atoms with van der Waals surface area (Å²) in [6.45, 7) is 2.70. The van der Waals surface area contributed by atoms with Crippen molar-refractivity contribution in [3.05, 3.63) is 72.1 Å². The molecule has 0 atom stereocenters. The maximum atomic E-state index is 11.7. The van der Waals surface area contributed by atoms with Crippen LogP contribution in [0, 0.1) is 0 Å². The van der Waals surface area contributed by atoms with Gasteiger partial charge in [0.05, 0.1) is 19.8 Å². The van der Waals surface area contributed by atoms with E-state index in [2.05, 4.69) is 15.0 Å². The van der Waals surface area contributed by atoms with Crippen LogP contribution in [0.5, 0.6) is 17.2 Å². The van der Waals surface area contributed by atoms with Crippen LogP contribution in [0.25, 0.3) is 0 Å². The fraction of sp³-hybridized carbons (Fsp3) is 0.400. The second kappa shape index (κ2) is 23.1. The molecule has 0 saturated carbocycles. The minimum Gasteiger partial charge on any atom is -0.871 e. The number of ether oxygens (including phenoxy) is 3. The number of nitrogens with zero attached hydrogens (tertiary/aromatic N) is 6. The standard InChI is InChI=1S/3C10H14N2O3.Fe/c3*1-12(5-6-15-2)10(14)8-3-4-11-7-9(8)13;/h3*3-4,7,13H,5-6H2,1-2H3;/q;;;+3/p-3. The first-order valence-electron chi connectivity index (χ1n) is 13.6. The molecule has 3 rings (SSSR count). The molecule has 0 N–H and O–H groups in total. The molecule has 0 aliphatic carbocycles. The summed E-state index contributed by atoms with van der Waals surface area (Å²) in [4.78, 5) is 50.4. The van der Waals surface area contributed by atoms with Crippen molar-refractivity contribution in [2.24, 2.45) is 0 Å². The van der Waals surface area contributed by atoms with E-state index in [9.17, 15) is 29.7 Å². The summed E-state index contributed by atoms with van der Waals surface area (Å²) >= 11 is 0. The summed E-state index contributed by atoms with van der Waals surface area (Å²) in [5.74, 6) is -1.98. The number of likely N-dealkylation sites (N-methyl/N-ethyl adjacent to an activating group) is 3. The predicted molar refractivity (Wildman–Crippen MR) is 158 cm³/mol. The minimum atomic E-state index is -0.355. The molecule has 0 unspecified atom stereocenters. The molecular weight excluding hydrogens is 644 g/mol. The largest absolute Gasteiger partial charge is 3.00 e. The van der Waals surface area contributed by atoms with E-state index in [1.54, 1.807) is 42.5 Å². The molecule has 0 fully saturated rings. The molecule has 16 heteroatoms. The Kier molecular flexibility index (Phi) is 20.9. The van der Waals surface area contributed by atoms with Crippen LogP contribution in [0.15, 0.2) is 55.4 Å². The van der Waals surface area contributed by atoms with Gasteiger partial charge >= 0.3 is 17.1 Å². The Morgan fingerprint density at radius 3 is 1.00 bits per heavy atom. The number of hydrogen-bond acceptors (Lipinski definition) is 12. The molecule has 1 radical (unpaired) electrons. The van der Waals surface area contributed by atoms with E-state index >= 15 is 0 Å². The van der Waals surface area contributed by atoms with Gasteiger partial charge in [0.2, 0.25) is 0 Å². The van der Waals surface area contributed by atoms with Gasteiger partial charge in [0.25, 0.3) is 17.7 Å². The molecule has 46 heavy (non-hydrogen) atoms. The fourth-order valence-electron chi connectivity index (χ4n) is 3.28. The zero-order chi connectivity index (χ0) is 33.8. The Morgan fingerprint density at radius 2 is 0.804 bits per heavy atom. The number of carbonyl (C=O) groups excluding carboxylic acids is 3.